The summed E-state index contributed by atoms with van der Waals surface area (Å²) in [6.07, 6.45) is 11.4. The van der Waals surface area contributed by atoms with Gasteiger partial charge in [-0.25, -0.2) is 4.98 Å². The molecular weight excluding hydrogens is 499 g/mol. The highest BCUT2D eigenvalue weighted by atomic mass is 127. The molecule has 0 radical (unpaired) electrons. The van der Waals surface area contributed by atoms with Crippen molar-refractivity contribution in [3.63, 3.8) is 0 Å². The van der Waals surface area contributed by atoms with Gasteiger partial charge < -0.3 is 20.1 Å². The highest BCUT2D eigenvalue weighted by Crippen LogP contribution is 2.09. The van der Waals surface area contributed by atoms with Gasteiger partial charge in [0.05, 0.1) is 0 Å². The van der Waals surface area contributed by atoms with E-state index in [2.05, 4.69) is 68.5 Å². The predicted molar refractivity (Wildman–Crippen MR) is 140 cm³/mol. The number of aromatic nitrogens is 2. The van der Waals surface area contributed by atoms with Gasteiger partial charge in [-0.15, -0.1) is 24.0 Å². The first-order chi connectivity index (χ1) is 14.8. The molecule has 0 unspecified atom stereocenters. The van der Waals surface area contributed by atoms with Crippen molar-refractivity contribution < 1.29 is 0 Å². The molecule has 0 bridgehead atoms. The Morgan fingerprint density at radius 2 is 1.84 bits per heavy atom. The lowest BCUT2D eigenvalue weighted by atomic mass is 10.2. The van der Waals surface area contributed by atoms with Gasteiger partial charge >= 0.3 is 0 Å². The maximum atomic E-state index is 4.77. The predicted octanol–water partition coefficient (Wildman–Crippen LogP) is 3.91. The van der Waals surface area contributed by atoms with Gasteiger partial charge in [0, 0.05) is 45.0 Å². The summed E-state index contributed by atoms with van der Waals surface area (Å²) in [6, 6.07) is 10.5. The van der Waals surface area contributed by atoms with Crippen LogP contribution in [-0.4, -0.2) is 59.7 Å². The second kappa shape index (κ2) is 15.2. The molecule has 1 aliphatic heterocycles. The number of likely N-dealkylation sites (tertiary alicyclic amines) is 1. The van der Waals surface area contributed by atoms with Gasteiger partial charge in [-0.1, -0.05) is 43.2 Å². The number of guanidine groups is 1. The molecule has 1 fully saturated rings. The molecule has 0 saturated carbocycles. The highest BCUT2D eigenvalue weighted by molar-refractivity contribution is 14.0. The first-order valence-electron chi connectivity index (χ1n) is 11.6. The summed E-state index contributed by atoms with van der Waals surface area (Å²) in [7, 11) is 0. The highest BCUT2D eigenvalue weighted by Gasteiger charge is 2.08. The molecule has 172 valence electrons. The van der Waals surface area contributed by atoms with Crippen LogP contribution in [0.2, 0.25) is 0 Å². The van der Waals surface area contributed by atoms with E-state index in [1.807, 2.05) is 6.20 Å². The van der Waals surface area contributed by atoms with E-state index in [-0.39, 0.29) is 24.0 Å². The summed E-state index contributed by atoms with van der Waals surface area (Å²) in [5, 5.41) is 6.83. The summed E-state index contributed by atoms with van der Waals surface area (Å²) in [5.74, 6) is 2.01. The quantitative estimate of drug-likeness (QED) is 0.209. The maximum absolute atomic E-state index is 4.77. The summed E-state index contributed by atoms with van der Waals surface area (Å²) in [5.41, 5.74) is 1.30. The van der Waals surface area contributed by atoms with Gasteiger partial charge in [0.2, 0.25) is 0 Å². The lowest BCUT2D eigenvalue weighted by molar-refractivity contribution is 0.283. The molecule has 1 aromatic heterocycles. The third-order valence-electron chi connectivity index (χ3n) is 5.58. The molecule has 0 spiro atoms. The van der Waals surface area contributed by atoms with Crippen molar-refractivity contribution in [2.24, 2.45) is 4.99 Å². The fourth-order valence-corrected chi connectivity index (χ4v) is 3.97. The van der Waals surface area contributed by atoms with Gasteiger partial charge in [-0.05, 0) is 51.4 Å². The van der Waals surface area contributed by atoms with Crippen molar-refractivity contribution in [1.29, 1.82) is 0 Å². The van der Waals surface area contributed by atoms with Crippen molar-refractivity contribution in [3.05, 3.63) is 54.1 Å². The Hall–Kier alpha value is -1.61. The first kappa shape index (κ1) is 25.6. The molecule has 0 aliphatic carbocycles. The Labute approximate surface area is 204 Å². The fraction of sp³-hybridized carbons (Fsp3) is 0.583. The van der Waals surface area contributed by atoms with Crippen LogP contribution in [0.5, 0.6) is 0 Å². The van der Waals surface area contributed by atoms with E-state index >= 15 is 0 Å². The minimum atomic E-state index is 0. The van der Waals surface area contributed by atoms with E-state index < -0.39 is 0 Å². The Bertz CT molecular complexity index is 738. The van der Waals surface area contributed by atoms with E-state index in [0.717, 1.165) is 50.8 Å². The first-order valence-corrected chi connectivity index (χ1v) is 11.6. The van der Waals surface area contributed by atoms with Gasteiger partial charge in [-0.2, -0.15) is 0 Å². The van der Waals surface area contributed by atoms with E-state index in [0.29, 0.717) is 0 Å². The molecule has 31 heavy (non-hydrogen) atoms. The molecular formula is C24H39IN6. The Morgan fingerprint density at radius 1 is 1.06 bits per heavy atom. The third kappa shape index (κ3) is 9.60. The van der Waals surface area contributed by atoms with Gasteiger partial charge in [0.15, 0.2) is 5.96 Å². The number of hydrogen-bond acceptors (Lipinski definition) is 3. The van der Waals surface area contributed by atoms with Crippen LogP contribution in [0.4, 0.5) is 0 Å². The molecule has 0 amide bonds. The summed E-state index contributed by atoms with van der Waals surface area (Å²) in [6.45, 7) is 9.23. The van der Waals surface area contributed by atoms with E-state index in [1.165, 1.54) is 50.9 Å². The van der Waals surface area contributed by atoms with E-state index in [9.17, 15) is 0 Å². The molecule has 1 aliphatic rings. The molecule has 2 aromatic rings. The van der Waals surface area contributed by atoms with Crippen molar-refractivity contribution in [3.8, 4) is 0 Å². The molecule has 1 saturated heterocycles. The van der Waals surface area contributed by atoms with Crippen LogP contribution in [0, 0.1) is 0 Å². The zero-order chi connectivity index (χ0) is 20.9. The van der Waals surface area contributed by atoms with Crippen LogP contribution in [0.15, 0.2) is 47.7 Å². The summed E-state index contributed by atoms with van der Waals surface area (Å²) >= 11 is 0. The van der Waals surface area contributed by atoms with E-state index in [4.69, 9.17) is 4.99 Å². The smallest absolute Gasteiger partial charge is 0.191 e. The van der Waals surface area contributed by atoms with Crippen LogP contribution in [0.3, 0.4) is 0 Å². The number of nitrogens with one attached hydrogen (secondary N) is 2. The van der Waals surface area contributed by atoms with Crippen LogP contribution >= 0.6 is 24.0 Å². The topological polar surface area (TPSA) is 57.5 Å². The molecule has 6 nitrogen and oxygen atoms in total. The second-order valence-electron chi connectivity index (χ2n) is 8.00. The maximum Gasteiger partial charge on any atom is 0.191 e. The number of benzene rings is 1. The molecule has 3 rings (SSSR count). The van der Waals surface area contributed by atoms with Crippen molar-refractivity contribution >= 4 is 29.9 Å². The second-order valence-corrected chi connectivity index (χ2v) is 8.00. The van der Waals surface area contributed by atoms with Crippen molar-refractivity contribution in [2.75, 3.05) is 39.3 Å². The Morgan fingerprint density at radius 3 is 2.58 bits per heavy atom. The number of rotatable bonds is 10. The van der Waals surface area contributed by atoms with Gasteiger partial charge in [0.1, 0.15) is 5.82 Å². The third-order valence-corrected chi connectivity index (χ3v) is 5.58. The standard InChI is InChI=1S/C24H38N6.HI/c1-2-25-24(27-14-10-19-29-17-8-3-4-9-18-29)28-15-13-23-26-16-20-30(23)21-22-11-6-5-7-12-22;/h5-7,11-12,16,20H,2-4,8-10,13-15,17-19,21H2,1H3,(H2,25,27,28);1H. The van der Waals surface area contributed by atoms with Gasteiger partial charge in [0.25, 0.3) is 0 Å². The minimum Gasteiger partial charge on any atom is -0.357 e. The molecule has 0 atom stereocenters. The van der Waals surface area contributed by atoms with Crippen LogP contribution < -0.4 is 10.6 Å². The van der Waals surface area contributed by atoms with Crippen LogP contribution in [0.25, 0.3) is 0 Å². The fourth-order valence-electron chi connectivity index (χ4n) is 3.97. The van der Waals surface area contributed by atoms with E-state index in [1.54, 1.807) is 0 Å². The summed E-state index contributed by atoms with van der Waals surface area (Å²) in [4.78, 5) is 11.9. The summed E-state index contributed by atoms with van der Waals surface area (Å²) < 4.78 is 2.22. The van der Waals surface area contributed by atoms with Crippen LogP contribution in [-0.2, 0) is 13.0 Å². The monoisotopic (exact) mass is 538 g/mol. The molecule has 2 N–H and O–H groups in total. The van der Waals surface area contributed by atoms with Crippen molar-refractivity contribution in [2.45, 2.75) is 52.0 Å². The molecule has 2 heterocycles. The molecule has 7 heteroatoms. The largest absolute Gasteiger partial charge is 0.357 e. The average Bonchev–Trinajstić information content (AvgIpc) is 3.03. The molecule has 1 aromatic carbocycles. The van der Waals surface area contributed by atoms with Crippen LogP contribution in [0.1, 0.15) is 50.4 Å². The number of imidazole rings is 1. The number of nitrogens with zero attached hydrogens (tertiary/aromatic N) is 4. The van der Waals surface area contributed by atoms with Gasteiger partial charge in [-0.3, -0.25) is 4.99 Å². The van der Waals surface area contributed by atoms with Crippen molar-refractivity contribution in [1.82, 2.24) is 25.1 Å². The number of hydrogen-bond donors (Lipinski definition) is 2. The zero-order valence-electron chi connectivity index (χ0n) is 18.9. The lowest BCUT2D eigenvalue weighted by Crippen LogP contribution is -2.38. The Balaban J connectivity index is 0.00000341. The minimum absolute atomic E-state index is 0. The number of halogens is 1. The average molecular weight is 539 g/mol. The lowest BCUT2D eigenvalue weighted by Gasteiger charge is -2.19. The Kier molecular flexibility index (Phi) is 12.6. The number of aliphatic imine (C=N–C) groups is 1. The normalized spacial score (nSPS) is 15.2. The zero-order valence-corrected chi connectivity index (χ0v) is 21.3. The SMILES string of the molecule is CCNC(=NCCCN1CCCCCC1)NCCc1nccn1Cc1ccccc1.I.